The monoisotopic (exact) mass is 375 g/mol. The molecule has 2 aliphatic rings. The Morgan fingerprint density at radius 3 is 2.61 bits per heavy atom. The summed E-state index contributed by atoms with van der Waals surface area (Å²) in [7, 11) is 0. The second-order valence-electron chi connectivity index (χ2n) is 6.77. The van der Waals surface area contributed by atoms with Gasteiger partial charge in [-0.2, -0.15) is 0 Å². The Kier molecular flexibility index (Phi) is 3.34. The highest BCUT2D eigenvalue weighted by Crippen LogP contribution is 2.59. The molecule has 6 nitrogen and oxygen atoms in total. The SMILES string of the molecule is CCNc1c(O)ccc2c1Oc1cc(O)ccc1C21OC(=O)c2ccccc21. The van der Waals surface area contributed by atoms with Crippen molar-refractivity contribution in [2.75, 3.05) is 11.9 Å². The number of ether oxygens (including phenoxy) is 2. The molecule has 3 N–H and O–H groups in total. The van der Waals surface area contributed by atoms with Gasteiger partial charge in [0.2, 0.25) is 0 Å². The molecule has 0 aromatic heterocycles. The first-order chi connectivity index (χ1) is 13.6. The number of nitrogens with one attached hydrogen (secondary N) is 1. The summed E-state index contributed by atoms with van der Waals surface area (Å²) in [5.41, 5.74) is 1.59. The van der Waals surface area contributed by atoms with Gasteiger partial charge in [0.05, 0.1) is 11.1 Å². The van der Waals surface area contributed by atoms with Crippen LogP contribution in [0.25, 0.3) is 0 Å². The number of hydrogen-bond acceptors (Lipinski definition) is 6. The van der Waals surface area contributed by atoms with Crippen LogP contribution in [0.2, 0.25) is 0 Å². The lowest BCUT2D eigenvalue weighted by atomic mass is 9.77. The summed E-state index contributed by atoms with van der Waals surface area (Å²) in [6, 6.07) is 15.2. The molecule has 1 unspecified atom stereocenters. The minimum atomic E-state index is -1.22. The van der Waals surface area contributed by atoms with E-state index in [0.29, 0.717) is 46.0 Å². The molecule has 1 spiro atoms. The molecular formula is C22H17NO5. The molecule has 3 aromatic carbocycles. The van der Waals surface area contributed by atoms with Crippen molar-refractivity contribution < 1.29 is 24.5 Å². The van der Waals surface area contributed by atoms with Gasteiger partial charge in [0.15, 0.2) is 11.4 Å². The lowest BCUT2D eigenvalue weighted by Gasteiger charge is -2.37. The predicted octanol–water partition coefficient (Wildman–Crippen LogP) is 4.10. The van der Waals surface area contributed by atoms with Crippen molar-refractivity contribution in [3.8, 4) is 23.0 Å². The molecule has 2 heterocycles. The number of phenolic OH excluding ortho intramolecular Hbond substituents is 2. The predicted molar refractivity (Wildman–Crippen MR) is 102 cm³/mol. The van der Waals surface area contributed by atoms with Gasteiger partial charge in [-0.3, -0.25) is 0 Å². The van der Waals surface area contributed by atoms with E-state index >= 15 is 0 Å². The first-order valence-electron chi connectivity index (χ1n) is 9.00. The molecule has 0 saturated carbocycles. The summed E-state index contributed by atoms with van der Waals surface area (Å²) in [6.07, 6.45) is 0. The van der Waals surface area contributed by atoms with Crippen LogP contribution >= 0.6 is 0 Å². The van der Waals surface area contributed by atoms with Crippen LogP contribution in [0.4, 0.5) is 5.69 Å². The molecule has 28 heavy (non-hydrogen) atoms. The molecule has 0 bridgehead atoms. The number of phenols is 2. The van der Waals surface area contributed by atoms with E-state index in [9.17, 15) is 15.0 Å². The summed E-state index contributed by atoms with van der Waals surface area (Å²) < 4.78 is 12.1. The Labute approximate surface area is 161 Å². The highest BCUT2D eigenvalue weighted by molar-refractivity contribution is 5.97. The summed E-state index contributed by atoms with van der Waals surface area (Å²) in [6.45, 7) is 2.46. The van der Waals surface area contributed by atoms with Gasteiger partial charge in [-0.05, 0) is 37.3 Å². The van der Waals surface area contributed by atoms with E-state index in [1.165, 1.54) is 12.1 Å². The number of carbonyl (C=O) groups is 1. The fraction of sp³-hybridized carbons (Fsp3) is 0.136. The highest BCUT2D eigenvalue weighted by Gasteiger charge is 2.54. The number of benzene rings is 3. The topological polar surface area (TPSA) is 88.0 Å². The zero-order chi connectivity index (χ0) is 19.5. The average Bonchev–Trinajstić information content (AvgIpc) is 2.98. The summed E-state index contributed by atoms with van der Waals surface area (Å²) in [5.74, 6) is 0.351. The van der Waals surface area contributed by atoms with Crippen molar-refractivity contribution in [1.82, 2.24) is 0 Å². The zero-order valence-corrected chi connectivity index (χ0v) is 15.0. The van der Waals surface area contributed by atoms with E-state index in [4.69, 9.17) is 9.47 Å². The maximum atomic E-state index is 12.7. The molecule has 1 atom stereocenters. The van der Waals surface area contributed by atoms with Crippen LogP contribution < -0.4 is 10.1 Å². The van der Waals surface area contributed by atoms with E-state index in [0.717, 1.165) is 0 Å². The lowest BCUT2D eigenvalue weighted by molar-refractivity contribution is 0.0224. The molecule has 140 valence electrons. The minimum absolute atomic E-state index is 0.0250. The van der Waals surface area contributed by atoms with Gasteiger partial charge in [-0.15, -0.1) is 0 Å². The fourth-order valence-electron chi connectivity index (χ4n) is 4.06. The number of hydrogen-bond donors (Lipinski definition) is 3. The number of aromatic hydroxyl groups is 2. The summed E-state index contributed by atoms with van der Waals surface area (Å²) in [4.78, 5) is 12.7. The van der Waals surface area contributed by atoms with Gasteiger partial charge in [0, 0.05) is 23.7 Å². The normalized spacial score (nSPS) is 18.7. The summed E-state index contributed by atoms with van der Waals surface area (Å²) >= 11 is 0. The van der Waals surface area contributed by atoms with Gasteiger partial charge < -0.3 is 25.0 Å². The van der Waals surface area contributed by atoms with E-state index in [-0.39, 0.29) is 11.5 Å². The van der Waals surface area contributed by atoms with Crippen LogP contribution in [0.5, 0.6) is 23.0 Å². The van der Waals surface area contributed by atoms with Crippen LogP contribution in [0, 0.1) is 0 Å². The molecule has 0 fully saturated rings. The van der Waals surface area contributed by atoms with Crippen LogP contribution in [-0.4, -0.2) is 22.7 Å². The maximum Gasteiger partial charge on any atom is 0.340 e. The number of anilines is 1. The molecule has 2 aliphatic heterocycles. The third kappa shape index (κ3) is 2.00. The molecule has 0 aliphatic carbocycles. The molecule has 0 radical (unpaired) electrons. The van der Waals surface area contributed by atoms with Crippen molar-refractivity contribution >= 4 is 11.7 Å². The van der Waals surface area contributed by atoms with E-state index in [1.54, 1.807) is 30.3 Å². The second kappa shape index (κ2) is 5.66. The number of carbonyl (C=O) groups excluding carboxylic acids is 1. The van der Waals surface area contributed by atoms with Crippen LogP contribution in [0.1, 0.15) is 34.0 Å². The average molecular weight is 375 g/mol. The van der Waals surface area contributed by atoms with Crippen molar-refractivity contribution in [2.45, 2.75) is 12.5 Å². The lowest BCUT2D eigenvalue weighted by Crippen LogP contribution is -2.33. The first-order valence-corrected chi connectivity index (χ1v) is 9.00. The molecule has 0 saturated heterocycles. The van der Waals surface area contributed by atoms with E-state index in [2.05, 4.69) is 5.32 Å². The fourth-order valence-corrected chi connectivity index (χ4v) is 4.06. The quantitative estimate of drug-likeness (QED) is 0.462. The standard InChI is InChI=1S/C22H17NO5/c1-2-23-19-17(25)10-9-16-20(19)27-18-11-12(24)7-8-15(18)22(16)14-6-4-3-5-13(14)21(26)28-22/h3-11,23-25H,2H2,1H3. The Bertz CT molecular complexity index is 1140. The first kappa shape index (κ1) is 16.5. The van der Waals surface area contributed by atoms with Gasteiger partial charge in [-0.1, -0.05) is 18.2 Å². The highest BCUT2D eigenvalue weighted by atomic mass is 16.6. The largest absolute Gasteiger partial charge is 0.508 e. The number of esters is 1. The van der Waals surface area contributed by atoms with Gasteiger partial charge in [-0.25, -0.2) is 4.79 Å². The zero-order valence-electron chi connectivity index (χ0n) is 15.0. The van der Waals surface area contributed by atoms with Gasteiger partial charge in [0.25, 0.3) is 0 Å². The molecule has 5 rings (SSSR count). The van der Waals surface area contributed by atoms with Crippen molar-refractivity contribution in [3.05, 3.63) is 76.9 Å². The van der Waals surface area contributed by atoms with Gasteiger partial charge >= 0.3 is 5.97 Å². The number of rotatable bonds is 2. The second-order valence-corrected chi connectivity index (χ2v) is 6.77. The molecule has 0 amide bonds. The number of fused-ring (bicyclic) bond motifs is 6. The maximum absolute atomic E-state index is 12.7. The third-order valence-electron chi connectivity index (χ3n) is 5.20. The van der Waals surface area contributed by atoms with E-state index in [1.807, 2.05) is 19.1 Å². The minimum Gasteiger partial charge on any atom is -0.508 e. The Hall–Kier alpha value is -3.67. The Balaban J connectivity index is 1.90. The van der Waals surface area contributed by atoms with Crippen molar-refractivity contribution in [1.29, 1.82) is 0 Å². The van der Waals surface area contributed by atoms with Crippen LogP contribution in [0.3, 0.4) is 0 Å². The molecular weight excluding hydrogens is 358 g/mol. The van der Waals surface area contributed by atoms with Crippen LogP contribution in [-0.2, 0) is 10.3 Å². The Morgan fingerprint density at radius 1 is 1.00 bits per heavy atom. The third-order valence-corrected chi connectivity index (χ3v) is 5.20. The van der Waals surface area contributed by atoms with Crippen molar-refractivity contribution in [3.63, 3.8) is 0 Å². The van der Waals surface area contributed by atoms with Gasteiger partial charge in [0.1, 0.15) is 22.9 Å². The summed E-state index contributed by atoms with van der Waals surface area (Å²) in [5, 5.41) is 23.5. The van der Waals surface area contributed by atoms with E-state index < -0.39 is 11.6 Å². The van der Waals surface area contributed by atoms with Crippen molar-refractivity contribution in [2.24, 2.45) is 0 Å². The molecule has 3 aromatic rings. The van der Waals surface area contributed by atoms with Crippen LogP contribution in [0.15, 0.2) is 54.6 Å². The Morgan fingerprint density at radius 2 is 1.79 bits per heavy atom. The molecule has 6 heteroatoms. The smallest absolute Gasteiger partial charge is 0.340 e.